The number of carbonyl (C=O) groups is 1. The van der Waals surface area contributed by atoms with Crippen molar-refractivity contribution in [2.75, 3.05) is 0 Å². The highest BCUT2D eigenvalue weighted by molar-refractivity contribution is 9.20. The Morgan fingerprint density at radius 2 is 1.46 bits per heavy atom. The van der Waals surface area contributed by atoms with Crippen molar-refractivity contribution in [1.82, 2.24) is 0 Å². The Labute approximate surface area is 86.6 Å². The lowest BCUT2D eigenvalue weighted by molar-refractivity contribution is 0.146. The van der Waals surface area contributed by atoms with E-state index in [-0.39, 0.29) is 12.2 Å². The van der Waals surface area contributed by atoms with Gasteiger partial charge >= 0.3 is 12.0 Å². The van der Waals surface area contributed by atoms with Crippen LogP contribution in [0.3, 0.4) is 0 Å². The average Bonchev–Trinajstić information content (AvgIpc) is 1.82. The van der Waals surface area contributed by atoms with Crippen LogP contribution in [0.5, 0.6) is 0 Å². The van der Waals surface area contributed by atoms with Crippen molar-refractivity contribution in [3.8, 4) is 0 Å². The average molecular weight is 273 g/mol. The van der Waals surface area contributed by atoms with Crippen LogP contribution < -0.4 is 0 Å². The van der Waals surface area contributed by atoms with Gasteiger partial charge in [0.1, 0.15) is 0 Å². The van der Waals surface area contributed by atoms with Crippen LogP contribution in [0, 0.1) is 0 Å². The van der Waals surface area contributed by atoms with Gasteiger partial charge in [0.05, 0.1) is 12.2 Å². The third-order valence-electron chi connectivity index (χ3n) is 0.914. The number of hydrogen-bond acceptors (Lipinski definition) is 4. The fourth-order valence-corrected chi connectivity index (χ4v) is 2.49. The molecule has 0 amide bonds. The van der Waals surface area contributed by atoms with Crippen LogP contribution in [0.1, 0.15) is 27.7 Å². The zero-order chi connectivity index (χ0) is 10.6. The first-order valence-corrected chi connectivity index (χ1v) is 6.28. The lowest BCUT2D eigenvalue weighted by Crippen LogP contribution is -2.10. The minimum absolute atomic E-state index is 0.314. The van der Waals surface area contributed by atoms with Gasteiger partial charge in [0.15, 0.2) is 0 Å². The number of hydrogen-bond donors (Lipinski definition) is 0. The Kier molecular flexibility index (Phi) is 5.37. The minimum atomic E-state index is -3.63. The summed E-state index contributed by atoms with van der Waals surface area (Å²) in [5.74, 6) is 0. The van der Waals surface area contributed by atoms with Gasteiger partial charge in [0, 0.05) is 15.9 Å². The molecule has 0 heterocycles. The van der Waals surface area contributed by atoms with Gasteiger partial charge in [-0.2, -0.15) is 0 Å². The molecule has 0 radical (unpaired) electrons. The van der Waals surface area contributed by atoms with Crippen molar-refractivity contribution in [2.24, 2.45) is 0 Å². The Bertz CT molecular complexity index is 213. The third-order valence-corrected chi connectivity index (χ3v) is 4.05. The van der Waals surface area contributed by atoms with E-state index >= 15 is 0 Å². The second-order valence-electron chi connectivity index (χ2n) is 3.06. The summed E-state index contributed by atoms with van der Waals surface area (Å²) in [5.41, 5.74) is 0. The fraction of sp³-hybridized carbons (Fsp3) is 0.857. The molecular weight excluding hydrogens is 259 g/mol. The quantitative estimate of drug-likeness (QED) is 0.567. The molecule has 0 aromatic rings. The first-order chi connectivity index (χ1) is 5.78. The zero-order valence-electron chi connectivity index (χ0n) is 8.11. The highest BCUT2D eigenvalue weighted by atomic mass is 79.9. The second-order valence-corrected chi connectivity index (χ2v) is 6.21. The normalized spacial score (nSPS) is 12.5. The van der Waals surface area contributed by atoms with Crippen molar-refractivity contribution >= 4 is 28.0 Å². The van der Waals surface area contributed by atoms with Crippen LogP contribution in [0.4, 0.5) is 4.79 Å². The lowest BCUT2D eigenvalue weighted by Gasteiger charge is -2.18. The van der Waals surface area contributed by atoms with E-state index in [0.29, 0.717) is 0 Å². The highest BCUT2D eigenvalue weighted by Gasteiger charge is 2.35. The molecule has 0 spiro atoms. The van der Waals surface area contributed by atoms with Gasteiger partial charge in [0.2, 0.25) is 0 Å². The van der Waals surface area contributed by atoms with E-state index in [1.807, 2.05) is 0 Å². The molecule has 0 aromatic carbocycles. The third kappa shape index (κ3) is 4.91. The van der Waals surface area contributed by atoms with Gasteiger partial charge in [-0.3, -0.25) is 18.4 Å². The first-order valence-electron chi connectivity index (χ1n) is 3.95. The molecule has 0 aliphatic heterocycles. The largest absolute Gasteiger partial charge is 0.408 e. The second kappa shape index (κ2) is 5.25. The van der Waals surface area contributed by atoms with Crippen LogP contribution in [0.25, 0.3) is 0 Å². The molecule has 0 aliphatic carbocycles. The molecule has 0 fully saturated rings. The molecular formula is C7H14BrO4P. The van der Waals surface area contributed by atoms with E-state index in [1.165, 1.54) is 0 Å². The van der Waals surface area contributed by atoms with Crippen LogP contribution >= 0.6 is 23.5 Å². The van der Waals surface area contributed by atoms with Crippen molar-refractivity contribution < 1.29 is 18.4 Å². The van der Waals surface area contributed by atoms with E-state index in [1.54, 1.807) is 27.7 Å². The smallest absolute Gasteiger partial charge is 0.300 e. The SMILES string of the molecule is CC(C)OP(=O)(OC(C)C)C(=O)Br. The van der Waals surface area contributed by atoms with E-state index in [0.717, 1.165) is 0 Å². The Hall–Kier alpha value is 0.300. The van der Waals surface area contributed by atoms with Gasteiger partial charge in [-0.1, -0.05) is 0 Å². The maximum absolute atomic E-state index is 11.7. The molecule has 0 N–H and O–H groups in total. The predicted molar refractivity (Wildman–Crippen MR) is 54.4 cm³/mol. The number of carbonyl (C=O) groups excluding carboxylic acids is 1. The summed E-state index contributed by atoms with van der Waals surface area (Å²) in [7, 11) is -3.63. The minimum Gasteiger partial charge on any atom is -0.300 e. The van der Waals surface area contributed by atoms with Crippen LogP contribution in [-0.2, 0) is 13.6 Å². The zero-order valence-corrected chi connectivity index (χ0v) is 10.6. The summed E-state index contributed by atoms with van der Waals surface area (Å²) >= 11 is 2.60. The molecule has 4 nitrogen and oxygen atoms in total. The summed E-state index contributed by atoms with van der Waals surface area (Å²) in [5, 5.41) is 0. The van der Waals surface area contributed by atoms with E-state index in [9.17, 15) is 9.36 Å². The van der Waals surface area contributed by atoms with E-state index in [4.69, 9.17) is 9.05 Å². The molecule has 0 aliphatic rings. The van der Waals surface area contributed by atoms with Crippen LogP contribution in [0.15, 0.2) is 0 Å². The molecule has 0 unspecified atom stereocenters. The summed E-state index contributed by atoms with van der Waals surface area (Å²) in [4.78, 5) is 10.9. The van der Waals surface area contributed by atoms with Gasteiger partial charge in [-0.05, 0) is 27.7 Å². The monoisotopic (exact) mass is 272 g/mol. The lowest BCUT2D eigenvalue weighted by atomic mass is 10.5. The molecule has 6 heteroatoms. The molecule has 78 valence electrons. The Morgan fingerprint density at radius 3 is 1.62 bits per heavy atom. The molecule has 0 atom stereocenters. The summed E-state index contributed by atoms with van der Waals surface area (Å²) in [6.07, 6.45) is -0.628. The van der Waals surface area contributed by atoms with E-state index in [2.05, 4.69) is 15.9 Å². The summed E-state index contributed by atoms with van der Waals surface area (Å²) < 4.78 is 20.9. The van der Waals surface area contributed by atoms with Gasteiger partial charge in [0.25, 0.3) is 0 Å². The molecule has 0 saturated heterocycles. The van der Waals surface area contributed by atoms with Gasteiger partial charge in [-0.25, -0.2) is 0 Å². The molecule has 0 saturated carbocycles. The van der Waals surface area contributed by atoms with Crippen molar-refractivity contribution in [3.63, 3.8) is 0 Å². The predicted octanol–water partition coefficient (Wildman–Crippen LogP) is 3.54. The summed E-state index contributed by atoms with van der Waals surface area (Å²) in [6, 6.07) is 0. The maximum atomic E-state index is 11.7. The van der Waals surface area contributed by atoms with Gasteiger partial charge < -0.3 is 0 Å². The Morgan fingerprint density at radius 1 is 1.15 bits per heavy atom. The van der Waals surface area contributed by atoms with Crippen molar-refractivity contribution in [2.45, 2.75) is 39.9 Å². The van der Waals surface area contributed by atoms with E-state index < -0.39 is 12.0 Å². The highest BCUT2D eigenvalue weighted by Crippen LogP contribution is 2.53. The first kappa shape index (κ1) is 13.3. The number of halogens is 1. The Balaban J connectivity index is 4.54. The van der Waals surface area contributed by atoms with Crippen molar-refractivity contribution in [1.29, 1.82) is 0 Å². The number of rotatable bonds is 5. The topological polar surface area (TPSA) is 52.6 Å². The molecule has 0 bridgehead atoms. The standard InChI is InChI=1S/C7H14BrO4P/c1-5(2)11-13(10,7(8)9)12-6(3)4/h5-6H,1-4H3. The van der Waals surface area contributed by atoms with Crippen LogP contribution in [-0.4, -0.2) is 16.6 Å². The summed E-state index contributed by atoms with van der Waals surface area (Å²) in [6.45, 7) is 6.75. The maximum Gasteiger partial charge on any atom is 0.408 e. The molecule has 13 heavy (non-hydrogen) atoms. The van der Waals surface area contributed by atoms with Crippen molar-refractivity contribution in [3.05, 3.63) is 0 Å². The van der Waals surface area contributed by atoms with Gasteiger partial charge in [-0.15, -0.1) is 0 Å². The molecule has 0 rings (SSSR count). The fourth-order valence-electron chi connectivity index (χ4n) is 0.663. The molecule has 0 aromatic heterocycles. The van der Waals surface area contributed by atoms with Crippen LogP contribution in [0.2, 0.25) is 0 Å².